The van der Waals surface area contributed by atoms with Crippen LogP contribution in [0.2, 0.25) is 0 Å². The fourth-order valence-electron chi connectivity index (χ4n) is 2.13. The highest BCUT2D eigenvalue weighted by atomic mass is 32.1. The van der Waals surface area contributed by atoms with Gasteiger partial charge in [0.2, 0.25) is 5.91 Å². The zero-order valence-corrected chi connectivity index (χ0v) is 14.1. The maximum atomic E-state index is 11.7. The molecule has 6 heteroatoms. The van der Waals surface area contributed by atoms with Crippen molar-refractivity contribution < 1.29 is 9.59 Å². The van der Waals surface area contributed by atoms with Crippen molar-refractivity contribution in [2.45, 2.75) is 26.7 Å². The smallest absolute Gasteiger partial charge is 0.257 e. The number of carbonyl (C=O) groups is 2. The first kappa shape index (κ1) is 17.0. The first-order valence-electron chi connectivity index (χ1n) is 7.44. The maximum absolute atomic E-state index is 11.7. The van der Waals surface area contributed by atoms with Gasteiger partial charge in [0.25, 0.3) is 5.91 Å². The minimum absolute atomic E-state index is 0.106. The van der Waals surface area contributed by atoms with Crippen molar-refractivity contribution in [1.29, 1.82) is 0 Å². The highest BCUT2D eigenvalue weighted by molar-refractivity contribution is 7.07. The zero-order chi connectivity index (χ0) is 16.7. The summed E-state index contributed by atoms with van der Waals surface area (Å²) in [5.74, 6) is -0.482. The second-order valence-corrected chi connectivity index (χ2v) is 6.18. The van der Waals surface area contributed by atoms with E-state index in [9.17, 15) is 9.59 Å². The molecule has 0 spiro atoms. The van der Waals surface area contributed by atoms with Crippen molar-refractivity contribution in [3.05, 3.63) is 51.7 Å². The normalized spacial score (nSPS) is 10.2. The van der Waals surface area contributed by atoms with Gasteiger partial charge in [0, 0.05) is 12.1 Å². The molecule has 2 amide bonds. The first-order valence-corrected chi connectivity index (χ1v) is 8.39. The molecule has 1 aromatic heterocycles. The van der Waals surface area contributed by atoms with Crippen LogP contribution < -0.4 is 16.2 Å². The zero-order valence-electron chi connectivity index (χ0n) is 13.3. The van der Waals surface area contributed by atoms with E-state index in [0.29, 0.717) is 12.8 Å². The third-order valence-corrected chi connectivity index (χ3v) is 4.12. The van der Waals surface area contributed by atoms with E-state index in [1.165, 1.54) is 5.56 Å². The number of nitrogens with one attached hydrogen (secondary N) is 3. The molecule has 0 saturated carbocycles. The number of rotatable bonds is 6. The van der Waals surface area contributed by atoms with E-state index in [-0.39, 0.29) is 18.4 Å². The molecule has 0 unspecified atom stereocenters. The molecule has 23 heavy (non-hydrogen) atoms. The van der Waals surface area contributed by atoms with E-state index in [1.807, 2.05) is 48.9 Å². The molecule has 0 aliphatic rings. The molecule has 0 saturated heterocycles. The summed E-state index contributed by atoms with van der Waals surface area (Å²) in [5.41, 5.74) is 9.15. The number of benzene rings is 1. The third kappa shape index (κ3) is 5.75. The molecule has 122 valence electrons. The van der Waals surface area contributed by atoms with Crippen LogP contribution >= 0.6 is 11.3 Å². The van der Waals surface area contributed by atoms with Crippen molar-refractivity contribution in [3.63, 3.8) is 0 Å². The quantitative estimate of drug-likeness (QED) is 0.713. The summed E-state index contributed by atoms with van der Waals surface area (Å²) in [5, 5.41) is 7.05. The van der Waals surface area contributed by atoms with Gasteiger partial charge in [0.15, 0.2) is 0 Å². The van der Waals surface area contributed by atoms with Gasteiger partial charge in [-0.2, -0.15) is 11.3 Å². The molecule has 0 radical (unpaired) electrons. The predicted molar refractivity (Wildman–Crippen MR) is 93.3 cm³/mol. The van der Waals surface area contributed by atoms with E-state index in [2.05, 4.69) is 16.2 Å². The molecule has 0 bridgehead atoms. The number of hydrazine groups is 1. The Hall–Kier alpha value is -2.34. The molecule has 2 aromatic rings. The SMILES string of the molecule is Cc1ccc(NCC(=O)NNC(=O)CCc2ccsc2)c(C)c1. The average Bonchev–Trinajstić information content (AvgIpc) is 3.03. The highest BCUT2D eigenvalue weighted by Gasteiger charge is 2.06. The minimum atomic E-state index is -0.283. The Morgan fingerprint density at radius 1 is 1.09 bits per heavy atom. The van der Waals surface area contributed by atoms with Crippen LogP contribution in [0, 0.1) is 13.8 Å². The van der Waals surface area contributed by atoms with Gasteiger partial charge in [0.1, 0.15) is 0 Å². The Morgan fingerprint density at radius 2 is 1.87 bits per heavy atom. The summed E-state index contributed by atoms with van der Waals surface area (Å²) in [7, 11) is 0. The van der Waals surface area contributed by atoms with Gasteiger partial charge in [-0.3, -0.25) is 20.4 Å². The lowest BCUT2D eigenvalue weighted by Crippen LogP contribution is -2.44. The monoisotopic (exact) mass is 331 g/mol. The average molecular weight is 331 g/mol. The van der Waals surface area contributed by atoms with Gasteiger partial charge in [-0.25, -0.2) is 0 Å². The van der Waals surface area contributed by atoms with E-state index in [0.717, 1.165) is 16.8 Å². The number of carbonyl (C=O) groups excluding carboxylic acids is 2. The van der Waals surface area contributed by atoms with Crippen LogP contribution in [0.1, 0.15) is 23.1 Å². The summed E-state index contributed by atoms with van der Waals surface area (Å²) in [6.45, 7) is 4.11. The highest BCUT2D eigenvalue weighted by Crippen LogP contribution is 2.15. The molecule has 1 aromatic carbocycles. The van der Waals surface area contributed by atoms with Gasteiger partial charge in [-0.15, -0.1) is 0 Å². The Balaban J connectivity index is 1.67. The van der Waals surface area contributed by atoms with Crippen LogP contribution in [0.5, 0.6) is 0 Å². The number of thiophene rings is 1. The van der Waals surface area contributed by atoms with Crippen LogP contribution in [0.3, 0.4) is 0 Å². The number of hydrogen-bond acceptors (Lipinski definition) is 4. The Bertz CT molecular complexity index is 668. The summed E-state index contributed by atoms with van der Waals surface area (Å²) in [6.07, 6.45) is 1.02. The standard InChI is InChI=1S/C17H21N3O2S/c1-12-3-5-15(13(2)9-12)18-10-17(22)20-19-16(21)6-4-14-7-8-23-11-14/h3,5,7-9,11,18H,4,6,10H2,1-2H3,(H,19,21)(H,20,22). The lowest BCUT2D eigenvalue weighted by Gasteiger charge is -2.11. The third-order valence-electron chi connectivity index (χ3n) is 3.38. The fourth-order valence-corrected chi connectivity index (χ4v) is 2.83. The molecule has 5 nitrogen and oxygen atoms in total. The summed E-state index contributed by atoms with van der Waals surface area (Å²) < 4.78 is 0. The van der Waals surface area contributed by atoms with Crippen LogP contribution in [0.15, 0.2) is 35.0 Å². The number of amides is 2. The molecule has 1 heterocycles. The van der Waals surface area contributed by atoms with Gasteiger partial charge in [0.05, 0.1) is 6.54 Å². The van der Waals surface area contributed by atoms with Gasteiger partial charge in [-0.1, -0.05) is 17.7 Å². The summed E-state index contributed by atoms with van der Waals surface area (Å²) in [4.78, 5) is 23.4. The predicted octanol–water partition coefficient (Wildman–Crippen LogP) is 2.56. The summed E-state index contributed by atoms with van der Waals surface area (Å²) in [6, 6.07) is 7.97. The number of hydrogen-bond donors (Lipinski definition) is 3. The second-order valence-electron chi connectivity index (χ2n) is 5.40. The molecule has 0 fully saturated rings. The van der Waals surface area contributed by atoms with Gasteiger partial charge >= 0.3 is 0 Å². The van der Waals surface area contributed by atoms with E-state index < -0.39 is 0 Å². The lowest BCUT2D eigenvalue weighted by atomic mass is 10.1. The number of anilines is 1. The van der Waals surface area contributed by atoms with Gasteiger partial charge < -0.3 is 5.32 Å². The first-order chi connectivity index (χ1) is 11.0. The topological polar surface area (TPSA) is 70.2 Å². The molecule has 3 N–H and O–H groups in total. The van der Waals surface area contributed by atoms with Crippen molar-refractivity contribution >= 4 is 28.8 Å². The van der Waals surface area contributed by atoms with E-state index in [1.54, 1.807) is 11.3 Å². The minimum Gasteiger partial charge on any atom is -0.376 e. The molecule has 2 rings (SSSR count). The van der Waals surface area contributed by atoms with E-state index in [4.69, 9.17) is 0 Å². The van der Waals surface area contributed by atoms with Crippen LogP contribution in [-0.4, -0.2) is 18.4 Å². The van der Waals surface area contributed by atoms with Crippen molar-refractivity contribution in [1.82, 2.24) is 10.9 Å². The van der Waals surface area contributed by atoms with E-state index >= 15 is 0 Å². The van der Waals surface area contributed by atoms with Crippen molar-refractivity contribution in [2.24, 2.45) is 0 Å². The second kappa shape index (κ2) is 8.33. The largest absolute Gasteiger partial charge is 0.376 e. The van der Waals surface area contributed by atoms with Crippen LogP contribution in [0.25, 0.3) is 0 Å². The molecular weight excluding hydrogens is 310 g/mol. The van der Waals surface area contributed by atoms with Gasteiger partial charge in [-0.05, 0) is 54.3 Å². The lowest BCUT2D eigenvalue weighted by molar-refractivity contribution is -0.128. The molecule has 0 atom stereocenters. The Labute approximate surface area is 140 Å². The van der Waals surface area contributed by atoms with Crippen molar-refractivity contribution in [3.8, 4) is 0 Å². The summed E-state index contributed by atoms with van der Waals surface area (Å²) >= 11 is 1.61. The Morgan fingerprint density at radius 3 is 2.57 bits per heavy atom. The Kier molecular flexibility index (Phi) is 6.17. The van der Waals surface area contributed by atoms with Crippen molar-refractivity contribution in [2.75, 3.05) is 11.9 Å². The maximum Gasteiger partial charge on any atom is 0.257 e. The number of aryl methyl sites for hydroxylation is 3. The molecule has 0 aliphatic heterocycles. The van der Waals surface area contributed by atoms with Crippen LogP contribution in [0.4, 0.5) is 5.69 Å². The fraction of sp³-hybridized carbons (Fsp3) is 0.294. The van der Waals surface area contributed by atoms with Crippen LogP contribution in [-0.2, 0) is 16.0 Å². The molecule has 0 aliphatic carbocycles. The molecular formula is C17H21N3O2S.